The van der Waals surface area contributed by atoms with Crippen LogP contribution in [0.3, 0.4) is 0 Å². The lowest BCUT2D eigenvalue weighted by atomic mass is 9.86. The molecule has 0 saturated carbocycles. The molecular weight excluding hydrogens is 316 g/mol. The molecule has 0 saturated heterocycles. The largest absolute Gasteiger partial charge is 0.378 e. The van der Waals surface area contributed by atoms with Crippen molar-refractivity contribution in [3.05, 3.63) is 44.0 Å². The molecule has 1 aromatic carbocycles. The van der Waals surface area contributed by atoms with E-state index in [1.54, 1.807) is 0 Å². The fraction of sp³-hybridized carbons (Fsp3) is 0.625. The normalized spacial score (nSPS) is 11.5. The molecule has 8 nitrogen and oxygen atoms in total. The second kappa shape index (κ2) is 9.29. The van der Waals surface area contributed by atoms with Crippen LogP contribution in [-0.2, 0) is 16.1 Å². The Bertz CT molecular complexity index is 539. The van der Waals surface area contributed by atoms with Crippen molar-refractivity contribution in [3.8, 4) is 0 Å². The molecule has 0 unspecified atom stereocenters. The molecule has 0 aliphatic carbocycles. The minimum Gasteiger partial charge on any atom is -0.378 e. The molecule has 0 aromatic heterocycles. The Hall–Kier alpha value is -2.06. The van der Waals surface area contributed by atoms with Crippen LogP contribution < -0.4 is 0 Å². The number of hydrogen-bond donors (Lipinski definition) is 0. The highest BCUT2D eigenvalue weighted by atomic mass is 16.6. The van der Waals surface area contributed by atoms with Gasteiger partial charge < -0.3 is 9.47 Å². The van der Waals surface area contributed by atoms with Crippen LogP contribution in [0.5, 0.6) is 0 Å². The zero-order chi connectivity index (χ0) is 18.2. The molecule has 0 N–H and O–H groups in total. The Labute approximate surface area is 141 Å². The summed E-state index contributed by atoms with van der Waals surface area (Å²) in [6.07, 6.45) is 2.06. The number of benzene rings is 1. The first-order chi connectivity index (χ1) is 11.3. The fourth-order valence-corrected chi connectivity index (χ4v) is 2.03. The molecule has 0 amide bonds. The predicted octanol–water partition coefficient (Wildman–Crippen LogP) is 3.86. The summed E-state index contributed by atoms with van der Waals surface area (Å²) >= 11 is 0. The van der Waals surface area contributed by atoms with Gasteiger partial charge >= 0.3 is 0 Å². The molecule has 0 fully saturated rings. The maximum atomic E-state index is 10.8. The predicted molar refractivity (Wildman–Crippen MR) is 88.9 cm³/mol. The minimum absolute atomic E-state index is 0.0602. The average molecular weight is 340 g/mol. The van der Waals surface area contributed by atoms with E-state index in [0.717, 1.165) is 18.9 Å². The highest BCUT2D eigenvalue weighted by Crippen LogP contribution is 2.25. The van der Waals surface area contributed by atoms with Crippen LogP contribution in [-0.4, -0.2) is 29.7 Å². The SMILES string of the molecule is CCC(C)(CC)COCCOCc1cc([N+](=O)[O-])cc([N+](=O)[O-])c1. The highest BCUT2D eigenvalue weighted by molar-refractivity contribution is 5.46. The van der Waals surface area contributed by atoms with Gasteiger partial charge in [-0.2, -0.15) is 0 Å². The quantitative estimate of drug-likeness (QED) is 0.344. The van der Waals surface area contributed by atoms with Gasteiger partial charge in [-0.1, -0.05) is 20.8 Å². The van der Waals surface area contributed by atoms with E-state index >= 15 is 0 Å². The Balaban J connectivity index is 2.48. The molecular formula is C16H24N2O6. The monoisotopic (exact) mass is 340 g/mol. The van der Waals surface area contributed by atoms with Crippen molar-refractivity contribution in [2.75, 3.05) is 19.8 Å². The Morgan fingerprint density at radius 1 is 0.958 bits per heavy atom. The molecule has 0 aliphatic rings. The summed E-state index contributed by atoms with van der Waals surface area (Å²) in [6.45, 7) is 7.84. The lowest BCUT2D eigenvalue weighted by molar-refractivity contribution is -0.394. The summed E-state index contributed by atoms with van der Waals surface area (Å²) in [4.78, 5) is 20.3. The summed E-state index contributed by atoms with van der Waals surface area (Å²) in [5.41, 5.74) is -0.0926. The topological polar surface area (TPSA) is 105 Å². The van der Waals surface area contributed by atoms with Crippen molar-refractivity contribution in [1.82, 2.24) is 0 Å². The standard InChI is InChI=1S/C16H24N2O6/c1-4-16(3,5-2)12-24-7-6-23-11-13-8-14(17(19)20)10-15(9-13)18(21)22/h8-10H,4-7,11-12H2,1-3H3. The van der Waals surface area contributed by atoms with E-state index < -0.39 is 9.85 Å². The van der Waals surface area contributed by atoms with Crippen LogP contribution in [0.25, 0.3) is 0 Å². The zero-order valence-electron chi connectivity index (χ0n) is 14.3. The summed E-state index contributed by atoms with van der Waals surface area (Å²) < 4.78 is 11.0. The van der Waals surface area contributed by atoms with Crippen molar-refractivity contribution in [1.29, 1.82) is 0 Å². The van der Waals surface area contributed by atoms with Crippen LogP contribution >= 0.6 is 0 Å². The number of hydrogen-bond acceptors (Lipinski definition) is 6. The van der Waals surface area contributed by atoms with Gasteiger partial charge in [0.1, 0.15) is 0 Å². The van der Waals surface area contributed by atoms with E-state index in [9.17, 15) is 20.2 Å². The molecule has 1 aromatic rings. The van der Waals surface area contributed by atoms with Gasteiger partial charge in [-0.25, -0.2) is 0 Å². The van der Waals surface area contributed by atoms with Gasteiger partial charge in [0.2, 0.25) is 0 Å². The number of nitro groups is 2. The van der Waals surface area contributed by atoms with Crippen LogP contribution in [0, 0.1) is 25.6 Å². The average Bonchev–Trinajstić information content (AvgIpc) is 2.57. The lowest BCUT2D eigenvalue weighted by Gasteiger charge is -2.26. The fourth-order valence-electron chi connectivity index (χ4n) is 2.03. The van der Waals surface area contributed by atoms with E-state index in [-0.39, 0.29) is 23.4 Å². The van der Waals surface area contributed by atoms with Crippen LogP contribution in [0.15, 0.2) is 18.2 Å². The molecule has 0 bridgehead atoms. The van der Waals surface area contributed by atoms with Crippen LogP contribution in [0.2, 0.25) is 0 Å². The van der Waals surface area contributed by atoms with Gasteiger partial charge in [-0.05, 0) is 23.8 Å². The Morgan fingerprint density at radius 3 is 1.92 bits per heavy atom. The third kappa shape index (κ3) is 6.21. The second-order valence-electron chi connectivity index (χ2n) is 5.99. The summed E-state index contributed by atoms with van der Waals surface area (Å²) in [7, 11) is 0. The molecule has 8 heteroatoms. The van der Waals surface area contributed by atoms with Crippen molar-refractivity contribution >= 4 is 11.4 Å². The van der Waals surface area contributed by atoms with Gasteiger partial charge in [-0.3, -0.25) is 20.2 Å². The summed E-state index contributed by atoms with van der Waals surface area (Å²) in [5, 5.41) is 21.6. The van der Waals surface area contributed by atoms with E-state index in [1.165, 1.54) is 12.1 Å². The Morgan fingerprint density at radius 2 is 1.46 bits per heavy atom. The third-order valence-electron chi connectivity index (χ3n) is 4.18. The second-order valence-corrected chi connectivity index (χ2v) is 5.99. The Kier molecular flexibility index (Phi) is 7.73. The molecule has 134 valence electrons. The maximum absolute atomic E-state index is 10.8. The van der Waals surface area contributed by atoms with Crippen molar-refractivity contribution in [3.63, 3.8) is 0 Å². The van der Waals surface area contributed by atoms with Gasteiger partial charge in [0, 0.05) is 12.1 Å². The first kappa shape index (κ1) is 20.0. The van der Waals surface area contributed by atoms with Gasteiger partial charge in [-0.15, -0.1) is 0 Å². The third-order valence-corrected chi connectivity index (χ3v) is 4.18. The molecule has 1 rings (SSSR count). The van der Waals surface area contributed by atoms with Crippen molar-refractivity contribution in [2.24, 2.45) is 5.41 Å². The zero-order valence-corrected chi connectivity index (χ0v) is 14.3. The van der Waals surface area contributed by atoms with Crippen LogP contribution in [0.4, 0.5) is 11.4 Å². The van der Waals surface area contributed by atoms with E-state index in [4.69, 9.17) is 9.47 Å². The molecule has 0 spiro atoms. The summed E-state index contributed by atoms with van der Waals surface area (Å²) in [5.74, 6) is 0. The maximum Gasteiger partial charge on any atom is 0.276 e. The number of nitrogens with zero attached hydrogens (tertiary/aromatic N) is 2. The first-order valence-electron chi connectivity index (χ1n) is 7.89. The minimum atomic E-state index is -0.657. The molecule has 0 atom stereocenters. The van der Waals surface area contributed by atoms with Gasteiger partial charge in [0.05, 0.1) is 42.3 Å². The van der Waals surface area contributed by atoms with E-state index in [2.05, 4.69) is 20.8 Å². The number of rotatable bonds is 11. The number of ether oxygens (including phenoxy) is 2. The van der Waals surface area contributed by atoms with Crippen molar-refractivity contribution in [2.45, 2.75) is 40.2 Å². The molecule has 0 radical (unpaired) electrons. The first-order valence-corrected chi connectivity index (χ1v) is 7.89. The number of nitro benzene ring substituents is 2. The van der Waals surface area contributed by atoms with E-state index in [1.807, 2.05) is 0 Å². The van der Waals surface area contributed by atoms with Gasteiger partial charge in [0.15, 0.2) is 0 Å². The molecule has 0 heterocycles. The van der Waals surface area contributed by atoms with E-state index in [0.29, 0.717) is 25.4 Å². The summed E-state index contributed by atoms with van der Waals surface area (Å²) in [6, 6.07) is 3.49. The smallest absolute Gasteiger partial charge is 0.276 e. The molecule has 24 heavy (non-hydrogen) atoms. The van der Waals surface area contributed by atoms with Crippen LogP contribution in [0.1, 0.15) is 39.2 Å². The van der Waals surface area contributed by atoms with Crippen molar-refractivity contribution < 1.29 is 19.3 Å². The lowest BCUT2D eigenvalue weighted by Crippen LogP contribution is -2.22. The number of non-ortho nitro benzene ring substituents is 2. The molecule has 0 aliphatic heterocycles. The van der Waals surface area contributed by atoms with Gasteiger partial charge in [0.25, 0.3) is 11.4 Å². The highest BCUT2D eigenvalue weighted by Gasteiger charge is 2.19.